The fourth-order valence-corrected chi connectivity index (χ4v) is 2.65. The van der Waals surface area contributed by atoms with E-state index in [1.54, 1.807) is 18.2 Å². The van der Waals surface area contributed by atoms with E-state index in [4.69, 9.17) is 14.2 Å². The van der Waals surface area contributed by atoms with Crippen molar-refractivity contribution >= 4 is 23.5 Å². The molecule has 1 aliphatic heterocycles. The quantitative estimate of drug-likeness (QED) is 0.739. The number of ether oxygens (including phenoxy) is 3. The molecule has 1 saturated heterocycles. The maximum absolute atomic E-state index is 12.0. The maximum Gasteiger partial charge on any atom is 0.326 e. The van der Waals surface area contributed by atoms with Crippen molar-refractivity contribution in [1.82, 2.24) is 4.90 Å². The van der Waals surface area contributed by atoms with E-state index < -0.39 is 18.5 Å². The van der Waals surface area contributed by atoms with E-state index in [-0.39, 0.29) is 12.5 Å². The molecule has 8 nitrogen and oxygen atoms in total. The standard InChI is InChI=1S/C18H24N2O6/c1-24-13-7-8-15(25-2)14(10-13)19-16(21)12-26-18(23)11-20-9-5-3-4-6-17(20)22/h7-8,10H,3-6,9,11-12H2,1-2H3,(H,19,21). The highest BCUT2D eigenvalue weighted by Crippen LogP contribution is 2.28. The highest BCUT2D eigenvalue weighted by molar-refractivity contribution is 5.94. The van der Waals surface area contributed by atoms with Crippen molar-refractivity contribution in [3.63, 3.8) is 0 Å². The van der Waals surface area contributed by atoms with Gasteiger partial charge in [0.05, 0.1) is 19.9 Å². The number of carbonyl (C=O) groups excluding carboxylic acids is 3. The van der Waals surface area contributed by atoms with Crippen LogP contribution in [0.1, 0.15) is 25.7 Å². The number of amides is 2. The van der Waals surface area contributed by atoms with Crippen LogP contribution in [0, 0.1) is 0 Å². The minimum atomic E-state index is -0.604. The molecule has 142 valence electrons. The van der Waals surface area contributed by atoms with Crippen molar-refractivity contribution in [2.45, 2.75) is 25.7 Å². The van der Waals surface area contributed by atoms with Crippen LogP contribution in [0.5, 0.6) is 11.5 Å². The molecule has 8 heteroatoms. The van der Waals surface area contributed by atoms with Crippen LogP contribution in [0.2, 0.25) is 0 Å². The van der Waals surface area contributed by atoms with Crippen molar-refractivity contribution in [1.29, 1.82) is 0 Å². The van der Waals surface area contributed by atoms with Gasteiger partial charge in [-0.25, -0.2) is 0 Å². The molecule has 0 radical (unpaired) electrons. The smallest absolute Gasteiger partial charge is 0.326 e. The Bertz CT molecular complexity index is 661. The van der Waals surface area contributed by atoms with Crippen molar-refractivity contribution in [2.75, 3.05) is 39.2 Å². The molecule has 0 aromatic heterocycles. The third-order valence-corrected chi connectivity index (χ3v) is 4.04. The monoisotopic (exact) mass is 364 g/mol. The molecule has 0 spiro atoms. The highest BCUT2D eigenvalue weighted by atomic mass is 16.5. The van der Waals surface area contributed by atoms with E-state index in [0.29, 0.717) is 30.2 Å². The lowest BCUT2D eigenvalue weighted by Crippen LogP contribution is -2.36. The zero-order chi connectivity index (χ0) is 18.9. The maximum atomic E-state index is 12.0. The van der Waals surface area contributed by atoms with E-state index in [1.165, 1.54) is 19.1 Å². The summed E-state index contributed by atoms with van der Waals surface area (Å²) in [4.78, 5) is 37.3. The summed E-state index contributed by atoms with van der Waals surface area (Å²) >= 11 is 0. The number of likely N-dealkylation sites (tertiary alicyclic amines) is 1. The van der Waals surface area contributed by atoms with Gasteiger partial charge in [0.25, 0.3) is 5.91 Å². The molecule has 1 aromatic rings. The summed E-state index contributed by atoms with van der Waals surface area (Å²) in [6, 6.07) is 4.96. The van der Waals surface area contributed by atoms with Gasteiger partial charge in [-0.1, -0.05) is 6.42 Å². The van der Waals surface area contributed by atoms with Crippen molar-refractivity contribution in [3.05, 3.63) is 18.2 Å². The lowest BCUT2D eigenvalue weighted by molar-refractivity contribution is -0.151. The summed E-state index contributed by atoms with van der Waals surface area (Å²) in [5, 5.41) is 2.61. The topological polar surface area (TPSA) is 94.2 Å². The fourth-order valence-electron chi connectivity index (χ4n) is 2.65. The van der Waals surface area contributed by atoms with Gasteiger partial charge in [0.1, 0.15) is 18.0 Å². The summed E-state index contributed by atoms with van der Waals surface area (Å²) in [6.07, 6.45) is 3.13. The first-order chi connectivity index (χ1) is 12.5. The lowest BCUT2D eigenvalue weighted by Gasteiger charge is -2.19. The average Bonchev–Trinajstić information content (AvgIpc) is 2.84. The number of hydrogen-bond donors (Lipinski definition) is 1. The lowest BCUT2D eigenvalue weighted by atomic mass is 10.2. The number of methoxy groups -OCH3 is 2. The number of esters is 1. The first kappa shape index (κ1) is 19.6. The van der Waals surface area contributed by atoms with Crippen LogP contribution < -0.4 is 14.8 Å². The SMILES string of the molecule is COc1ccc(OC)c(NC(=O)COC(=O)CN2CCCCCC2=O)c1. The molecule has 1 aromatic carbocycles. The normalized spacial score (nSPS) is 14.4. The molecule has 0 aliphatic carbocycles. The molecule has 0 bridgehead atoms. The van der Waals surface area contributed by atoms with Crippen LogP contribution in [0.15, 0.2) is 18.2 Å². The van der Waals surface area contributed by atoms with Crippen LogP contribution >= 0.6 is 0 Å². The average molecular weight is 364 g/mol. The third kappa shape index (κ3) is 5.65. The third-order valence-electron chi connectivity index (χ3n) is 4.04. The van der Waals surface area contributed by atoms with Crippen molar-refractivity contribution < 1.29 is 28.6 Å². The van der Waals surface area contributed by atoms with E-state index in [1.807, 2.05) is 0 Å². The molecular formula is C18H24N2O6. The zero-order valence-corrected chi connectivity index (χ0v) is 15.1. The Morgan fingerprint density at radius 2 is 1.96 bits per heavy atom. The molecular weight excluding hydrogens is 340 g/mol. The second kappa shape index (κ2) is 9.65. The number of rotatable bonds is 7. The van der Waals surface area contributed by atoms with E-state index in [9.17, 15) is 14.4 Å². The van der Waals surface area contributed by atoms with Gasteiger partial charge in [-0.3, -0.25) is 14.4 Å². The minimum absolute atomic E-state index is 0.0509. The first-order valence-electron chi connectivity index (χ1n) is 8.48. The van der Waals surface area contributed by atoms with Gasteiger partial charge in [0.2, 0.25) is 5.91 Å². The van der Waals surface area contributed by atoms with Gasteiger partial charge >= 0.3 is 5.97 Å². The Morgan fingerprint density at radius 3 is 2.69 bits per heavy atom. The van der Waals surface area contributed by atoms with Gasteiger partial charge in [0, 0.05) is 19.0 Å². The molecule has 1 aliphatic rings. The summed E-state index contributed by atoms with van der Waals surface area (Å²) in [6.45, 7) is -0.0308. The molecule has 1 N–H and O–H groups in total. The zero-order valence-electron chi connectivity index (χ0n) is 15.1. The predicted molar refractivity (Wildman–Crippen MR) is 94.2 cm³/mol. The number of carbonyl (C=O) groups is 3. The molecule has 1 heterocycles. The molecule has 0 saturated carbocycles. The van der Waals surface area contributed by atoms with Gasteiger partial charge < -0.3 is 24.4 Å². The summed E-state index contributed by atoms with van der Waals surface area (Å²) in [5.74, 6) is -0.150. The van der Waals surface area contributed by atoms with Crippen molar-refractivity contribution in [3.8, 4) is 11.5 Å². The number of nitrogens with zero attached hydrogens (tertiary/aromatic N) is 1. The highest BCUT2D eigenvalue weighted by Gasteiger charge is 2.20. The number of benzene rings is 1. The molecule has 2 amide bonds. The Morgan fingerprint density at radius 1 is 1.15 bits per heavy atom. The van der Waals surface area contributed by atoms with Crippen molar-refractivity contribution in [2.24, 2.45) is 0 Å². The van der Waals surface area contributed by atoms with Gasteiger partial charge in [-0.2, -0.15) is 0 Å². The van der Waals surface area contributed by atoms with Crippen LogP contribution in [0.3, 0.4) is 0 Å². The second-order valence-corrected chi connectivity index (χ2v) is 5.90. The molecule has 0 unspecified atom stereocenters. The minimum Gasteiger partial charge on any atom is -0.497 e. The molecule has 26 heavy (non-hydrogen) atoms. The second-order valence-electron chi connectivity index (χ2n) is 5.90. The van der Waals surface area contributed by atoms with Crippen LogP contribution in [-0.2, 0) is 19.1 Å². The van der Waals surface area contributed by atoms with Gasteiger partial charge in [-0.05, 0) is 25.0 Å². The Labute approximate surface area is 152 Å². The Hall–Kier alpha value is -2.77. The Balaban J connectivity index is 1.84. The number of nitrogens with one attached hydrogen (secondary N) is 1. The summed E-state index contributed by atoms with van der Waals surface area (Å²) < 4.78 is 15.3. The number of anilines is 1. The predicted octanol–water partition coefficient (Wildman–Crippen LogP) is 1.59. The molecule has 1 fully saturated rings. The van der Waals surface area contributed by atoms with Gasteiger partial charge in [-0.15, -0.1) is 0 Å². The van der Waals surface area contributed by atoms with Gasteiger partial charge in [0.15, 0.2) is 6.61 Å². The summed E-state index contributed by atoms with van der Waals surface area (Å²) in [7, 11) is 3.00. The first-order valence-corrected chi connectivity index (χ1v) is 8.48. The molecule has 2 rings (SSSR count). The van der Waals surface area contributed by atoms with Crippen LogP contribution in [0.25, 0.3) is 0 Å². The fraction of sp³-hybridized carbons (Fsp3) is 0.500. The van der Waals surface area contributed by atoms with E-state index in [2.05, 4.69) is 5.32 Å². The van der Waals surface area contributed by atoms with Crippen LogP contribution in [-0.4, -0.2) is 56.6 Å². The number of hydrogen-bond acceptors (Lipinski definition) is 6. The van der Waals surface area contributed by atoms with Crippen LogP contribution in [0.4, 0.5) is 5.69 Å². The van der Waals surface area contributed by atoms with E-state index in [0.717, 1.165) is 19.3 Å². The largest absolute Gasteiger partial charge is 0.497 e. The van der Waals surface area contributed by atoms with E-state index >= 15 is 0 Å². The Kier molecular flexibility index (Phi) is 7.25. The summed E-state index contributed by atoms with van der Waals surface area (Å²) in [5.41, 5.74) is 0.413. The molecule has 0 atom stereocenters.